The molecule has 0 fully saturated rings. The quantitative estimate of drug-likeness (QED) is 0.876. The van der Waals surface area contributed by atoms with Gasteiger partial charge < -0.3 is 0 Å². The number of nitrogens with one attached hydrogen (secondary N) is 1. The molecule has 5 heteroatoms. The van der Waals surface area contributed by atoms with E-state index in [-0.39, 0.29) is 5.56 Å². The van der Waals surface area contributed by atoms with E-state index in [0.29, 0.717) is 10.7 Å². The summed E-state index contributed by atoms with van der Waals surface area (Å²) in [6.45, 7) is 0. The number of hydrogen-bond donors (Lipinski definition) is 1. The van der Waals surface area contributed by atoms with Crippen LogP contribution in [0, 0.1) is 0 Å². The molecule has 3 nitrogen and oxygen atoms in total. The number of aromatic amines is 1. The predicted octanol–water partition coefficient (Wildman–Crippen LogP) is 2.85. The van der Waals surface area contributed by atoms with Crippen molar-refractivity contribution in [2.24, 2.45) is 0 Å². The number of halogens is 2. The van der Waals surface area contributed by atoms with Crippen molar-refractivity contribution in [1.29, 1.82) is 0 Å². The van der Waals surface area contributed by atoms with E-state index in [1.165, 1.54) is 6.07 Å². The molecule has 76 valence electrons. The summed E-state index contributed by atoms with van der Waals surface area (Å²) in [6, 6.07) is 8.54. The van der Waals surface area contributed by atoms with Crippen molar-refractivity contribution in [3.63, 3.8) is 0 Å². The van der Waals surface area contributed by atoms with Crippen molar-refractivity contribution >= 4 is 27.5 Å². The van der Waals surface area contributed by atoms with Crippen LogP contribution in [0.4, 0.5) is 0 Å². The maximum absolute atomic E-state index is 10.8. The number of nitrogens with zero attached hydrogens (tertiary/aromatic N) is 1. The van der Waals surface area contributed by atoms with Crippen LogP contribution in [0.1, 0.15) is 0 Å². The normalized spacial score (nSPS) is 10.3. The topological polar surface area (TPSA) is 45.8 Å². The van der Waals surface area contributed by atoms with Gasteiger partial charge in [-0.2, -0.15) is 5.10 Å². The summed E-state index contributed by atoms with van der Waals surface area (Å²) in [5, 5.41) is 6.85. The third-order valence-electron chi connectivity index (χ3n) is 1.89. The van der Waals surface area contributed by atoms with Crippen LogP contribution in [-0.4, -0.2) is 10.2 Å². The highest BCUT2D eigenvalue weighted by atomic mass is 79.9. The van der Waals surface area contributed by atoms with Gasteiger partial charge >= 0.3 is 0 Å². The van der Waals surface area contributed by atoms with Crippen LogP contribution in [0.25, 0.3) is 11.3 Å². The number of benzene rings is 1. The molecule has 0 aliphatic carbocycles. The molecule has 0 aliphatic heterocycles. The largest absolute Gasteiger partial charge is 0.268 e. The molecule has 0 bridgehead atoms. The zero-order valence-corrected chi connectivity index (χ0v) is 9.84. The summed E-state index contributed by atoms with van der Waals surface area (Å²) in [7, 11) is 0. The van der Waals surface area contributed by atoms with Crippen LogP contribution in [0.3, 0.4) is 0 Å². The molecule has 0 atom stereocenters. The second-order valence-corrected chi connectivity index (χ2v) is 4.25. The van der Waals surface area contributed by atoms with Crippen LogP contribution < -0.4 is 5.56 Å². The van der Waals surface area contributed by atoms with Gasteiger partial charge in [-0.15, -0.1) is 0 Å². The number of rotatable bonds is 1. The van der Waals surface area contributed by atoms with Gasteiger partial charge in [-0.3, -0.25) is 4.79 Å². The van der Waals surface area contributed by atoms with Crippen molar-refractivity contribution in [1.82, 2.24) is 10.2 Å². The van der Waals surface area contributed by atoms with E-state index in [1.54, 1.807) is 12.1 Å². The van der Waals surface area contributed by atoms with E-state index < -0.39 is 0 Å². The van der Waals surface area contributed by atoms with Gasteiger partial charge in [0.05, 0.1) is 10.7 Å². The van der Waals surface area contributed by atoms with Crippen LogP contribution in [0.5, 0.6) is 0 Å². The van der Waals surface area contributed by atoms with Crippen molar-refractivity contribution in [2.75, 3.05) is 0 Å². The first-order valence-corrected chi connectivity index (χ1v) is 5.35. The Bertz CT molecular complexity index is 533. The molecule has 1 aromatic carbocycles. The summed E-state index contributed by atoms with van der Waals surface area (Å²) >= 11 is 9.36. The van der Waals surface area contributed by atoms with Crippen LogP contribution in [0.2, 0.25) is 5.02 Å². The lowest BCUT2D eigenvalue weighted by molar-refractivity contribution is 0.995. The SMILES string of the molecule is O=c1ccc(-c2ccc(Br)cc2Cl)n[nH]1. The van der Waals surface area contributed by atoms with Gasteiger partial charge in [0.25, 0.3) is 5.56 Å². The van der Waals surface area contributed by atoms with Gasteiger partial charge in [-0.05, 0) is 18.2 Å². The van der Waals surface area contributed by atoms with Crippen molar-refractivity contribution in [2.45, 2.75) is 0 Å². The molecule has 15 heavy (non-hydrogen) atoms. The molecule has 0 amide bonds. The van der Waals surface area contributed by atoms with E-state index in [4.69, 9.17) is 11.6 Å². The highest BCUT2D eigenvalue weighted by molar-refractivity contribution is 9.10. The van der Waals surface area contributed by atoms with E-state index >= 15 is 0 Å². The first-order valence-electron chi connectivity index (χ1n) is 4.18. The third kappa shape index (κ3) is 2.27. The van der Waals surface area contributed by atoms with E-state index in [2.05, 4.69) is 26.1 Å². The Kier molecular flexibility index (Phi) is 2.88. The van der Waals surface area contributed by atoms with Crippen molar-refractivity contribution in [3.8, 4) is 11.3 Å². The molecule has 0 radical (unpaired) electrons. The van der Waals surface area contributed by atoms with Crippen molar-refractivity contribution < 1.29 is 0 Å². The molecule has 1 N–H and O–H groups in total. The van der Waals surface area contributed by atoms with E-state index in [1.807, 2.05) is 12.1 Å². The minimum absolute atomic E-state index is 0.230. The lowest BCUT2D eigenvalue weighted by atomic mass is 10.1. The molecule has 1 heterocycles. The van der Waals surface area contributed by atoms with E-state index in [9.17, 15) is 4.79 Å². The predicted molar refractivity (Wildman–Crippen MR) is 63.0 cm³/mol. The first-order chi connectivity index (χ1) is 7.16. The molecule has 0 unspecified atom stereocenters. The van der Waals surface area contributed by atoms with Crippen LogP contribution >= 0.6 is 27.5 Å². The summed E-state index contributed by atoms with van der Waals surface area (Å²) < 4.78 is 0.903. The van der Waals surface area contributed by atoms with Gasteiger partial charge in [0.15, 0.2) is 0 Å². The van der Waals surface area contributed by atoms with Gasteiger partial charge in [0.2, 0.25) is 0 Å². The number of hydrogen-bond acceptors (Lipinski definition) is 2. The van der Waals surface area contributed by atoms with Gasteiger partial charge in [0, 0.05) is 16.1 Å². The van der Waals surface area contributed by atoms with Gasteiger partial charge in [-0.1, -0.05) is 33.6 Å². The molecule has 2 aromatic rings. The highest BCUT2D eigenvalue weighted by Crippen LogP contribution is 2.28. The monoisotopic (exact) mass is 284 g/mol. The van der Waals surface area contributed by atoms with E-state index in [0.717, 1.165) is 10.0 Å². The minimum atomic E-state index is -0.230. The second kappa shape index (κ2) is 4.16. The summed E-state index contributed by atoms with van der Waals surface area (Å²) in [4.78, 5) is 10.8. The Morgan fingerprint density at radius 1 is 1.27 bits per heavy atom. The lowest BCUT2D eigenvalue weighted by Crippen LogP contribution is -2.05. The van der Waals surface area contributed by atoms with Gasteiger partial charge in [-0.25, -0.2) is 5.10 Å². The summed E-state index contributed by atoms with van der Waals surface area (Å²) in [5.41, 5.74) is 1.20. The zero-order chi connectivity index (χ0) is 10.8. The third-order valence-corrected chi connectivity index (χ3v) is 2.69. The Hall–Kier alpha value is -1.13. The maximum atomic E-state index is 10.8. The fourth-order valence-corrected chi connectivity index (χ4v) is 1.96. The molecular weight excluding hydrogens is 279 g/mol. The molecular formula is C10H6BrClN2O. The molecule has 0 saturated heterocycles. The first kappa shape index (κ1) is 10.4. The zero-order valence-electron chi connectivity index (χ0n) is 7.50. The molecule has 2 rings (SSSR count). The summed E-state index contributed by atoms with van der Waals surface area (Å²) in [5.74, 6) is 0. The molecule has 0 spiro atoms. The highest BCUT2D eigenvalue weighted by Gasteiger charge is 2.04. The lowest BCUT2D eigenvalue weighted by Gasteiger charge is -2.02. The van der Waals surface area contributed by atoms with Crippen LogP contribution in [0.15, 0.2) is 39.6 Å². The molecule has 1 aromatic heterocycles. The van der Waals surface area contributed by atoms with Gasteiger partial charge in [0.1, 0.15) is 0 Å². The maximum Gasteiger partial charge on any atom is 0.264 e. The average molecular weight is 286 g/mol. The fraction of sp³-hybridized carbons (Fsp3) is 0. The Morgan fingerprint density at radius 2 is 2.07 bits per heavy atom. The summed E-state index contributed by atoms with van der Waals surface area (Å²) in [6.07, 6.45) is 0. The minimum Gasteiger partial charge on any atom is -0.268 e. The average Bonchev–Trinajstić information content (AvgIpc) is 2.20. The Morgan fingerprint density at radius 3 is 2.67 bits per heavy atom. The second-order valence-electron chi connectivity index (χ2n) is 2.93. The number of aromatic nitrogens is 2. The molecule has 0 saturated carbocycles. The molecule has 0 aliphatic rings. The Labute approximate surface area is 99.2 Å². The smallest absolute Gasteiger partial charge is 0.264 e. The fourth-order valence-electron chi connectivity index (χ4n) is 1.19. The standard InChI is InChI=1S/C10H6BrClN2O/c11-6-1-2-7(8(12)5-6)9-3-4-10(15)14-13-9/h1-5H,(H,14,15). The van der Waals surface area contributed by atoms with Crippen LogP contribution in [-0.2, 0) is 0 Å². The van der Waals surface area contributed by atoms with Crippen molar-refractivity contribution in [3.05, 3.63) is 50.2 Å². The Balaban J connectivity index is 2.54. The number of H-pyrrole nitrogens is 1.